The lowest BCUT2D eigenvalue weighted by Gasteiger charge is -1.98. The van der Waals surface area contributed by atoms with Gasteiger partial charge in [0.15, 0.2) is 5.11 Å². The van der Waals surface area contributed by atoms with E-state index in [1.807, 2.05) is 0 Å². The Morgan fingerprint density at radius 1 is 1.88 bits per heavy atom. The summed E-state index contributed by atoms with van der Waals surface area (Å²) in [6, 6.07) is 0. The minimum atomic E-state index is 0.297. The van der Waals surface area contributed by atoms with Gasteiger partial charge in [-0.1, -0.05) is 22.5 Å². The van der Waals surface area contributed by atoms with Gasteiger partial charge in [0.2, 0.25) is 0 Å². The van der Waals surface area contributed by atoms with Crippen LogP contribution in [-0.2, 0) is 0 Å². The molecule has 0 aliphatic carbocycles. The predicted octanol–water partition coefficient (Wildman–Crippen LogP) is 0.728. The summed E-state index contributed by atoms with van der Waals surface area (Å²) in [7, 11) is 0. The zero-order valence-electron chi connectivity index (χ0n) is 4.28. The number of hydrogen-bond acceptors (Lipinski definition) is 1. The SMILES string of the molecule is C=C(Br)CNC(N)=S. The van der Waals surface area contributed by atoms with Gasteiger partial charge in [-0.25, -0.2) is 0 Å². The van der Waals surface area contributed by atoms with Crippen LogP contribution >= 0.6 is 28.1 Å². The van der Waals surface area contributed by atoms with Gasteiger partial charge in [-0.15, -0.1) is 0 Å². The van der Waals surface area contributed by atoms with E-state index in [0.717, 1.165) is 4.48 Å². The zero-order chi connectivity index (χ0) is 6.57. The van der Waals surface area contributed by atoms with Gasteiger partial charge in [-0.05, 0) is 12.2 Å². The van der Waals surface area contributed by atoms with Crippen molar-refractivity contribution < 1.29 is 0 Å². The highest BCUT2D eigenvalue weighted by Gasteiger charge is 1.85. The van der Waals surface area contributed by atoms with E-state index >= 15 is 0 Å². The van der Waals surface area contributed by atoms with Crippen molar-refractivity contribution in [2.24, 2.45) is 5.73 Å². The summed E-state index contributed by atoms with van der Waals surface area (Å²) in [5, 5.41) is 3.00. The maximum atomic E-state index is 5.10. The fourth-order valence-electron chi connectivity index (χ4n) is 0.183. The molecule has 0 rings (SSSR count). The largest absolute Gasteiger partial charge is 0.376 e. The number of nitrogens with one attached hydrogen (secondary N) is 1. The van der Waals surface area contributed by atoms with Crippen LogP contribution in [0.3, 0.4) is 0 Å². The molecule has 0 aromatic heterocycles. The van der Waals surface area contributed by atoms with Crippen molar-refractivity contribution in [3.8, 4) is 0 Å². The van der Waals surface area contributed by atoms with E-state index in [1.165, 1.54) is 0 Å². The van der Waals surface area contributed by atoms with Gasteiger partial charge >= 0.3 is 0 Å². The first-order valence-corrected chi connectivity index (χ1v) is 3.19. The van der Waals surface area contributed by atoms with E-state index in [0.29, 0.717) is 11.7 Å². The first-order valence-electron chi connectivity index (χ1n) is 1.99. The fraction of sp³-hybridized carbons (Fsp3) is 0.250. The summed E-state index contributed by atoms with van der Waals surface area (Å²) in [5.74, 6) is 0. The molecule has 3 N–H and O–H groups in total. The van der Waals surface area contributed by atoms with E-state index in [2.05, 4.69) is 40.0 Å². The Hall–Kier alpha value is -0.0900. The first-order chi connectivity index (χ1) is 3.63. The Kier molecular flexibility index (Phi) is 3.81. The molecule has 0 saturated heterocycles. The maximum absolute atomic E-state index is 5.10. The van der Waals surface area contributed by atoms with Crippen LogP contribution in [0.1, 0.15) is 0 Å². The molecular formula is C4H7BrN2S. The van der Waals surface area contributed by atoms with Crippen molar-refractivity contribution in [3.05, 3.63) is 11.1 Å². The van der Waals surface area contributed by atoms with E-state index < -0.39 is 0 Å². The van der Waals surface area contributed by atoms with Crippen molar-refractivity contribution in [3.63, 3.8) is 0 Å². The van der Waals surface area contributed by atoms with Crippen LogP contribution in [0.5, 0.6) is 0 Å². The van der Waals surface area contributed by atoms with E-state index in [1.54, 1.807) is 0 Å². The molecule has 0 aliphatic heterocycles. The average Bonchev–Trinajstić information content (AvgIpc) is 1.61. The van der Waals surface area contributed by atoms with Gasteiger partial charge in [0.25, 0.3) is 0 Å². The first kappa shape index (κ1) is 7.91. The summed E-state index contributed by atoms with van der Waals surface area (Å²) in [6.45, 7) is 4.16. The molecule has 0 atom stereocenters. The summed E-state index contributed by atoms with van der Waals surface area (Å²) in [6.07, 6.45) is 0. The lowest BCUT2D eigenvalue weighted by atomic mass is 10.6. The number of rotatable bonds is 2. The zero-order valence-corrected chi connectivity index (χ0v) is 6.68. The summed E-state index contributed by atoms with van der Waals surface area (Å²) in [5.41, 5.74) is 5.10. The Bertz CT molecular complexity index is 98.6. The Balaban J connectivity index is 3.18. The second-order valence-corrected chi connectivity index (χ2v) is 2.80. The van der Waals surface area contributed by atoms with Crippen LogP contribution in [0.2, 0.25) is 0 Å². The van der Waals surface area contributed by atoms with Gasteiger partial charge in [-0.2, -0.15) is 0 Å². The third kappa shape index (κ3) is 5.91. The van der Waals surface area contributed by atoms with Gasteiger partial charge in [0.05, 0.1) is 0 Å². The molecule has 2 nitrogen and oxygen atoms in total. The van der Waals surface area contributed by atoms with Gasteiger partial charge in [0, 0.05) is 11.0 Å². The lowest BCUT2D eigenvalue weighted by Crippen LogP contribution is -2.29. The number of hydrogen-bond donors (Lipinski definition) is 2. The van der Waals surface area contributed by atoms with Crippen molar-refractivity contribution in [1.29, 1.82) is 0 Å². The van der Waals surface area contributed by atoms with Crippen LogP contribution in [-0.4, -0.2) is 11.7 Å². The van der Waals surface area contributed by atoms with E-state index in [4.69, 9.17) is 5.73 Å². The van der Waals surface area contributed by atoms with Gasteiger partial charge < -0.3 is 11.1 Å². The molecule has 0 saturated carbocycles. The molecule has 46 valence electrons. The highest BCUT2D eigenvalue weighted by molar-refractivity contribution is 9.11. The minimum Gasteiger partial charge on any atom is -0.376 e. The van der Waals surface area contributed by atoms with E-state index in [9.17, 15) is 0 Å². The number of thiocarbonyl (C=S) groups is 1. The normalized spacial score (nSPS) is 8.12. The summed E-state index contributed by atoms with van der Waals surface area (Å²) in [4.78, 5) is 0. The van der Waals surface area contributed by atoms with E-state index in [-0.39, 0.29) is 0 Å². The quantitative estimate of drug-likeness (QED) is 0.638. The Labute approximate surface area is 62.3 Å². The van der Waals surface area contributed by atoms with Crippen molar-refractivity contribution in [2.75, 3.05) is 6.54 Å². The number of nitrogens with two attached hydrogens (primary N) is 1. The molecule has 0 aromatic carbocycles. The molecule has 0 unspecified atom stereocenters. The number of halogens is 1. The molecule has 0 amide bonds. The molecule has 0 bridgehead atoms. The van der Waals surface area contributed by atoms with Crippen molar-refractivity contribution in [2.45, 2.75) is 0 Å². The summed E-state index contributed by atoms with van der Waals surface area (Å²) < 4.78 is 0.838. The smallest absolute Gasteiger partial charge is 0.163 e. The third-order valence-electron chi connectivity index (χ3n) is 0.454. The Morgan fingerprint density at radius 3 is 2.50 bits per heavy atom. The molecular weight excluding hydrogens is 188 g/mol. The second kappa shape index (κ2) is 3.86. The molecule has 4 heteroatoms. The Morgan fingerprint density at radius 2 is 2.38 bits per heavy atom. The molecule has 0 aliphatic rings. The predicted molar refractivity (Wildman–Crippen MR) is 42.9 cm³/mol. The monoisotopic (exact) mass is 194 g/mol. The topological polar surface area (TPSA) is 38.0 Å². The van der Waals surface area contributed by atoms with Crippen LogP contribution in [0.25, 0.3) is 0 Å². The van der Waals surface area contributed by atoms with Crippen molar-refractivity contribution >= 4 is 33.3 Å². The van der Waals surface area contributed by atoms with Crippen LogP contribution in [0.15, 0.2) is 11.1 Å². The fourth-order valence-corrected chi connectivity index (χ4v) is 0.395. The highest BCUT2D eigenvalue weighted by Crippen LogP contribution is 1.95. The highest BCUT2D eigenvalue weighted by atomic mass is 79.9. The lowest BCUT2D eigenvalue weighted by molar-refractivity contribution is 1.04. The van der Waals surface area contributed by atoms with Gasteiger partial charge in [0.1, 0.15) is 0 Å². The third-order valence-corrected chi connectivity index (χ3v) is 0.879. The molecule has 0 radical (unpaired) electrons. The summed E-state index contributed by atoms with van der Waals surface area (Å²) >= 11 is 7.65. The average molecular weight is 195 g/mol. The molecule has 0 heterocycles. The second-order valence-electron chi connectivity index (χ2n) is 1.24. The maximum Gasteiger partial charge on any atom is 0.163 e. The van der Waals surface area contributed by atoms with Gasteiger partial charge in [-0.3, -0.25) is 0 Å². The van der Waals surface area contributed by atoms with Crippen molar-refractivity contribution in [1.82, 2.24) is 5.32 Å². The molecule has 0 spiro atoms. The standard InChI is InChI=1S/C4H7BrN2S/c1-3(5)2-7-4(6)8/h1-2H2,(H3,6,7,8). The molecule has 8 heavy (non-hydrogen) atoms. The minimum absolute atomic E-state index is 0.297. The van der Waals surface area contributed by atoms with Crippen LogP contribution < -0.4 is 11.1 Å². The van der Waals surface area contributed by atoms with Crippen LogP contribution in [0, 0.1) is 0 Å². The molecule has 0 aromatic rings. The van der Waals surface area contributed by atoms with Crippen LogP contribution in [0.4, 0.5) is 0 Å². The molecule has 0 fully saturated rings.